The highest BCUT2D eigenvalue weighted by Crippen LogP contribution is 2.21. The van der Waals surface area contributed by atoms with E-state index in [1.807, 2.05) is 12.1 Å². The van der Waals surface area contributed by atoms with Gasteiger partial charge in [-0.15, -0.1) is 0 Å². The van der Waals surface area contributed by atoms with Gasteiger partial charge in [0.05, 0.1) is 17.8 Å². The van der Waals surface area contributed by atoms with Crippen LogP contribution in [0.5, 0.6) is 0 Å². The minimum Gasteiger partial charge on any atom is -0.396 e. The summed E-state index contributed by atoms with van der Waals surface area (Å²) in [5.74, 6) is 1.60. The van der Waals surface area contributed by atoms with E-state index in [9.17, 15) is 9.90 Å². The molecule has 1 amide bonds. The van der Waals surface area contributed by atoms with E-state index >= 15 is 0 Å². The fourth-order valence-electron chi connectivity index (χ4n) is 2.98. The van der Waals surface area contributed by atoms with E-state index in [2.05, 4.69) is 27.3 Å². The molecule has 2 aromatic rings. The predicted molar refractivity (Wildman–Crippen MR) is 93.3 cm³/mol. The van der Waals surface area contributed by atoms with E-state index in [1.54, 1.807) is 12.3 Å². The van der Waals surface area contributed by atoms with Gasteiger partial charge in [0.25, 0.3) is 5.91 Å². The Morgan fingerprint density at radius 3 is 3.04 bits per heavy atom. The molecule has 0 bridgehead atoms. The van der Waals surface area contributed by atoms with Crippen molar-refractivity contribution in [1.29, 1.82) is 0 Å². The molecule has 7 nitrogen and oxygen atoms in total. The molecular weight excluding hydrogens is 320 g/mol. The number of rotatable bonds is 7. The van der Waals surface area contributed by atoms with Gasteiger partial charge in [0, 0.05) is 37.9 Å². The van der Waals surface area contributed by atoms with Gasteiger partial charge in [0.2, 0.25) is 0 Å². The van der Waals surface area contributed by atoms with Gasteiger partial charge in [0.1, 0.15) is 5.82 Å². The van der Waals surface area contributed by atoms with Crippen molar-refractivity contribution in [3.05, 3.63) is 41.4 Å². The first-order chi connectivity index (χ1) is 12.2. The van der Waals surface area contributed by atoms with Gasteiger partial charge in [-0.25, -0.2) is 4.98 Å². The molecule has 0 aliphatic carbocycles. The lowest BCUT2D eigenvalue weighted by molar-refractivity contribution is 0.0946. The summed E-state index contributed by atoms with van der Waals surface area (Å²) in [6, 6.07) is 5.49. The van der Waals surface area contributed by atoms with Gasteiger partial charge in [0.15, 0.2) is 5.76 Å². The summed E-state index contributed by atoms with van der Waals surface area (Å²) < 4.78 is 5.20. The van der Waals surface area contributed by atoms with Gasteiger partial charge in [-0.05, 0) is 25.0 Å². The molecule has 3 heterocycles. The zero-order valence-electron chi connectivity index (χ0n) is 14.4. The van der Waals surface area contributed by atoms with Crippen LogP contribution in [0, 0.1) is 5.92 Å². The zero-order valence-corrected chi connectivity index (χ0v) is 14.4. The highest BCUT2D eigenvalue weighted by Gasteiger charge is 2.22. The van der Waals surface area contributed by atoms with Crippen molar-refractivity contribution >= 4 is 11.7 Å². The Balaban J connectivity index is 1.53. The standard InChI is InChI=1S/C18H24N4O3/c1-2-3-15-8-16(25-21-15)10-20-18(24)14-4-5-17(19-9-14)22-7-6-13(11-22)12-23/h4-5,8-9,13,23H,2-3,6-7,10-12H2,1H3,(H,20,24)/t13-/m0/s1. The number of aliphatic hydroxyl groups is 1. The molecule has 0 spiro atoms. The van der Waals surface area contributed by atoms with Crippen LogP contribution in [-0.4, -0.2) is 40.9 Å². The van der Waals surface area contributed by atoms with E-state index in [0.29, 0.717) is 23.8 Å². The van der Waals surface area contributed by atoms with Crippen LogP contribution in [0.25, 0.3) is 0 Å². The molecule has 134 valence electrons. The second kappa shape index (κ2) is 8.11. The molecule has 1 fully saturated rings. The van der Waals surface area contributed by atoms with Crippen molar-refractivity contribution in [2.75, 3.05) is 24.6 Å². The van der Waals surface area contributed by atoms with Crippen molar-refractivity contribution < 1.29 is 14.4 Å². The van der Waals surface area contributed by atoms with Crippen molar-refractivity contribution in [3.63, 3.8) is 0 Å². The third kappa shape index (κ3) is 4.36. The third-order valence-electron chi connectivity index (χ3n) is 4.42. The second-order valence-electron chi connectivity index (χ2n) is 6.41. The number of amides is 1. The molecular formula is C18H24N4O3. The Bertz CT molecular complexity index is 699. The first-order valence-corrected chi connectivity index (χ1v) is 8.74. The number of pyridine rings is 1. The number of carbonyl (C=O) groups is 1. The molecule has 3 rings (SSSR count). The van der Waals surface area contributed by atoms with Crippen LogP contribution in [0.1, 0.15) is 41.6 Å². The van der Waals surface area contributed by atoms with Gasteiger partial charge < -0.3 is 19.8 Å². The Kier molecular flexibility index (Phi) is 5.65. The Morgan fingerprint density at radius 2 is 2.36 bits per heavy atom. The maximum Gasteiger partial charge on any atom is 0.253 e. The average Bonchev–Trinajstić information content (AvgIpc) is 3.29. The lowest BCUT2D eigenvalue weighted by Crippen LogP contribution is -2.24. The smallest absolute Gasteiger partial charge is 0.253 e. The van der Waals surface area contributed by atoms with Gasteiger partial charge >= 0.3 is 0 Å². The van der Waals surface area contributed by atoms with Crippen LogP contribution in [0.4, 0.5) is 5.82 Å². The molecule has 0 saturated carbocycles. The highest BCUT2D eigenvalue weighted by molar-refractivity contribution is 5.93. The predicted octanol–water partition coefficient (Wildman–Crippen LogP) is 1.77. The summed E-state index contributed by atoms with van der Waals surface area (Å²) >= 11 is 0. The number of aliphatic hydroxyl groups excluding tert-OH is 1. The topological polar surface area (TPSA) is 91.5 Å². The Morgan fingerprint density at radius 1 is 1.48 bits per heavy atom. The molecule has 1 saturated heterocycles. The van der Waals surface area contributed by atoms with E-state index in [4.69, 9.17) is 4.52 Å². The number of carbonyl (C=O) groups excluding carboxylic acids is 1. The lowest BCUT2D eigenvalue weighted by Gasteiger charge is -2.17. The number of aryl methyl sites for hydroxylation is 1. The lowest BCUT2D eigenvalue weighted by atomic mass is 10.1. The number of hydrogen-bond donors (Lipinski definition) is 2. The maximum atomic E-state index is 12.2. The minimum atomic E-state index is -0.192. The van der Waals surface area contributed by atoms with Crippen LogP contribution in [0.3, 0.4) is 0 Å². The molecule has 2 aromatic heterocycles. The zero-order chi connectivity index (χ0) is 17.6. The van der Waals surface area contributed by atoms with Crippen molar-refractivity contribution in [2.45, 2.75) is 32.7 Å². The third-order valence-corrected chi connectivity index (χ3v) is 4.42. The molecule has 25 heavy (non-hydrogen) atoms. The molecule has 1 aliphatic rings. The Hall–Kier alpha value is -2.41. The average molecular weight is 344 g/mol. The van der Waals surface area contributed by atoms with E-state index in [1.165, 1.54) is 0 Å². The molecule has 1 atom stereocenters. The van der Waals surface area contributed by atoms with Crippen LogP contribution in [0.2, 0.25) is 0 Å². The van der Waals surface area contributed by atoms with E-state index < -0.39 is 0 Å². The largest absolute Gasteiger partial charge is 0.396 e. The minimum absolute atomic E-state index is 0.192. The second-order valence-corrected chi connectivity index (χ2v) is 6.41. The van der Waals surface area contributed by atoms with Crippen LogP contribution in [-0.2, 0) is 13.0 Å². The van der Waals surface area contributed by atoms with Gasteiger partial charge in [-0.3, -0.25) is 4.79 Å². The summed E-state index contributed by atoms with van der Waals surface area (Å²) in [6.07, 6.45) is 4.43. The number of hydrogen-bond acceptors (Lipinski definition) is 6. The molecule has 0 aromatic carbocycles. The fraction of sp³-hybridized carbons (Fsp3) is 0.500. The normalized spacial score (nSPS) is 17.0. The quantitative estimate of drug-likeness (QED) is 0.795. The Labute approximate surface area is 147 Å². The number of aromatic nitrogens is 2. The molecule has 0 unspecified atom stereocenters. The molecule has 7 heteroatoms. The summed E-state index contributed by atoms with van der Waals surface area (Å²) in [6.45, 7) is 4.29. The maximum absolute atomic E-state index is 12.2. The number of nitrogens with one attached hydrogen (secondary N) is 1. The van der Waals surface area contributed by atoms with Crippen molar-refractivity contribution in [1.82, 2.24) is 15.5 Å². The molecule has 1 aliphatic heterocycles. The first kappa shape index (κ1) is 17.4. The molecule has 2 N–H and O–H groups in total. The van der Waals surface area contributed by atoms with E-state index in [0.717, 1.165) is 43.9 Å². The van der Waals surface area contributed by atoms with Crippen LogP contribution in [0.15, 0.2) is 28.9 Å². The van der Waals surface area contributed by atoms with Crippen LogP contribution >= 0.6 is 0 Å². The van der Waals surface area contributed by atoms with E-state index in [-0.39, 0.29) is 12.5 Å². The van der Waals surface area contributed by atoms with Gasteiger partial charge in [-0.2, -0.15) is 0 Å². The highest BCUT2D eigenvalue weighted by atomic mass is 16.5. The number of nitrogens with zero attached hydrogens (tertiary/aromatic N) is 3. The van der Waals surface area contributed by atoms with Crippen molar-refractivity contribution in [3.8, 4) is 0 Å². The SMILES string of the molecule is CCCc1cc(CNC(=O)c2ccc(N3CC[C@H](CO)C3)nc2)on1. The summed E-state index contributed by atoms with van der Waals surface area (Å²) in [4.78, 5) is 18.7. The monoisotopic (exact) mass is 344 g/mol. The van der Waals surface area contributed by atoms with Crippen molar-refractivity contribution in [2.24, 2.45) is 5.92 Å². The summed E-state index contributed by atoms with van der Waals surface area (Å²) in [5, 5.41) is 16.0. The fourth-order valence-corrected chi connectivity index (χ4v) is 2.98. The van der Waals surface area contributed by atoms with Crippen LogP contribution < -0.4 is 10.2 Å². The summed E-state index contributed by atoms with van der Waals surface area (Å²) in [5.41, 5.74) is 1.42. The molecule has 0 radical (unpaired) electrons. The summed E-state index contributed by atoms with van der Waals surface area (Å²) in [7, 11) is 0. The number of anilines is 1. The first-order valence-electron chi connectivity index (χ1n) is 8.74. The van der Waals surface area contributed by atoms with Gasteiger partial charge in [-0.1, -0.05) is 18.5 Å².